The maximum absolute atomic E-state index is 16.2. The van der Waals surface area contributed by atoms with Gasteiger partial charge < -0.3 is 23.9 Å². The third kappa shape index (κ3) is 6.66. The van der Waals surface area contributed by atoms with Gasteiger partial charge >= 0.3 is 5.97 Å². The van der Waals surface area contributed by atoms with Gasteiger partial charge in [0.15, 0.2) is 0 Å². The number of fused-ring (bicyclic) bond motifs is 2. The average Bonchev–Trinajstić information content (AvgIpc) is 3.55. The number of pyridine rings is 1. The van der Waals surface area contributed by atoms with Crippen molar-refractivity contribution in [1.82, 2.24) is 14.5 Å². The topological polar surface area (TPSA) is 95.7 Å². The van der Waals surface area contributed by atoms with E-state index in [9.17, 15) is 27.5 Å². The minimum absolute atomic E-state index is 0.0885. The van der Waals surface area contributed by atoms with E-state index in [1.54, 1.807) is 28.8 Å². The van der Waals surface area contributed by atoms with Crippen LogP contribution in [0.2, 0.25) is 5.02 Å². The minimum Gasteiger partial charge on any atom is -0.492 e. The van der Waals surface area contributed by atoms with E-state index in [4.69, 9.17) is 25.8 Å². The number of alkyl halides is 3. The van der Waals surface area contributed by atoms with Gasteiger partial charge in [0.2, 0.25) is 5.88 Å². The Balaban J connectivity index is 1.26. The molecule has 0 unspecified atom stereocenters. The molecule has 1 fully saturated rings. The first-order valence-corrected chi connectivity index (χ1v) is 16.2. The molecule has 0 amide bonds. The Labute approximate surface area is 287 Å². The lowest BCUT2D eigenvalue weighted by Gasteiger charge is -2.17. The molecule has 1 N–H and O–H groups in total. The van der Waals surface area contributed by atoms with Gasteiger partial charge in [0.1, 0.15) is 47.7 Å². The highest BCUT2D eigenvalue weighted by atomic mass is 35.5. The van der Waals surface area contributed by atoms with Crippen molar-refractivity contribution in [1.29, 1.82) is 0 Å². The zero-order valence-corrected chi connectivity index (χ0v) is 27.1. The summed E-state index contributed by atoms with van der Waals surface area (Å²) in [5, 5.41) is 10.0. The largest absolute Gasteiger partial charge is 0.492 e. The van der Waals surface area contributed by atoms with Crippen LogP contribution in [-0.2, 0) is 26.0 Å². The first-order valence-electron chi connectivity index (χ1n) is 15.8. The lowest BCUT2D eigenvalue weighted by Crippen LogP contribution is -2.17. The van der Waals surface area contributed by atoms with Gasteiger partial charge in [0, 0.05) is 58.1 Å². The highest BCUT2D eigenvalue weighted by Crippen LogP contribution is 2.49. The fourth-order valence-corrected chi connectivity index (χ4v) is 6.33. The van der Waals surface area contributed by atoms with Crippen LogP contribution < -0.4 is 14.2 Å². The van der Waals surface area contributed by atoms with Gasteiger partial charge in [-0.05, 0) is 49.2 Å². The van der Waals surface area contributed by atoms with Crippen molar-refractivity contribution in [3.8, 4) is 28.6 Å². The lowest BCUT2D eigenvalue weighted by atomic mass is 9.96. The zero-order valence-electron chi connectivity index (χ0n) is 26.3. The van der Waals surface area contributed by atoms with E-state index in [-0.39, 0.29) is 76.4 Å². The molecule has 0 spiro atoms. The number of aromatic carboxylic acids is 1. The summed E-state index contributed by atoms with van der Waals surface area (Å²) in [7, 11) is 0. The molecule has 5 aromatic rings. The lowest BCUT2D eigenvalue weighted by molar-refractivity contribution is 0.0695. The Bertz CT molecular complexity index is 2120. The molecule has 3 aromatic carbocycles. The number of nitrogens with zero attached hydrogens (tertiary/aromatic N) is 3. The molecular formula is C36H29ClF5N3O5. The van der Waals surface area contributed by atoms with Crippen molar-refractivity contribution < 1.29 is 46.1 Å². The van der Waals surface area contributed by atoms with Crippen molar-refractivity contribution in [2.45, 2.75) is 45.3 Å². The fourth-order valence-electron chi connectivity index (χ4n) is 6.17. The molecule has 1 aliphatic carbocycles. The second-order valence-corrected chi connectivity index (χ2v) is 12.9. The van der Waals surface area contributed by atoms with E-state index < -0.39 is 42.7 Å². The first kappa shape index (κ1) is 33.6. The standard InChI is InChI=1S/C36H29ClF5N3O5/c37-21-5-4-19(25(39)12-21)15-50-32-3-1-2-27(43-32)24-13-26(40)23(22-6-9-48-34(22)24)14-31-44-33-28(45(31)18-36(17-38)7-8-36)10-20(35(46)47)11-29(33)49-16-30(41)42/h1-5,10-13,30H,6-9,14-18H2,(H,46,47). The third-order valence-corrected chi connectivity index (χ3v) is 9.24. The summed E-state index contributed by atoms with van der Waals surface area (Å²) in [5.74, 6) is -1.72. The van der Waals surface area contributed by atoms with E-state index in [0.717, 1.165) is 6.07 Å². The highest BCUT2D eigenvalue weighted by molar-refractivity contribution is 6.30. The fraction of sp³-hybridized carbons (Fsp3) is 0.306. The Hall–Kier alpha value is -4.91. The molecule has 0 atom stereocenters. The minimum atomic E-state index is -2.83. The summed E-state index contributed by atoms with van der Waals surface area (Å²) in [6, 6.07) is 12.9. The third-order valence-electron chi connectivity index (χ3n) is 9.01. The summed E-state index contributed by atoms with van der Waals surface area (Å²) >= 11 is 5.84. The van der Waals surface area contributed by atoms with Crippen LogP contribution >= 0.6 is 11.6 Å². The van der Waals surface area contributed by atoms with Crippen LogP contribution in [0.15, 0.2) is 54.6 Å². The first-order chi connectivity index (χ1) is 24.0. The molecule has 1 saturated carbocycles. The maximum Gasteiger partial charge on any atom is 0.335 e. The van der Waals surface area contributed by atoms with E-state index in [2.05, 4.69) is 9.97 Å². The summed E-state index contributed by atoms with van der Waals surface area (Å²) < 4.78 is 89.6. The van der Waals surface area contributed by atoms with E-state index in [0.29, 0.717) is 41.8 Å². The molecule has 0 radical (unpaired) electrons. The number of hydrogen-bond acceptors (Lipinski definition) is 6. The molecule has 1 aliphatic heterocycles. The molecule has 0 bridgehead atoms. The smallest absolute Gasteiger partial charge is 0.335 e. The van der Waals surface area contributed by atoms with Gasteiger partial charge in [0.05, 0.1) is 30.1 Å². The second-order valence-electron chi connectivity index (χ2n) is 12.5. The number of hydrogen-bond donors (Lipinski definition) is 1. The Morgan fingerprint density at radius 1 is 1.06 bits per heavy atom. The maximum atomic E-state index is 16.2. The number of benzene rings is 3. The molecule has 260 valence electrons. The molecule has 8 nitrogen and oxygen atoms in total. The molecule has 50 heavy (non-hydrogen) atoms. The predicted octanol–water partition coefficient (Wildman–Crippen LogP) is 8.23. The molecule has 0 saturated heterocycles. The number of rotatable bonds is 13. The molecule has 2 aliphatic rings. The predicted molar refractivity (Wildman–Crippen MR) is 173 cm³/mol. The van der Waals surface area contributed by atoms with Gasteiger partial charge in [0.25, 0.3) is 6.43 Å². The highest BCUT2D eigenvalue weighted by Gasteiger charge is 2.44. The van der Waals surface area contributed by atoms with Crippen LogP contribution in [0, 0.1) is 17.0 Å². The number of ether oxygens (including phenoxy) is 3. The molecule has 14 heteroatoms. The number of halogens is 6. The Kier molecular flexibility index (Phi) is 9.02. The number of imidazole rings is 1. The van der Waals surface area contributed by atoms with Crippen molar-refractivity contribution in [3.63, 3.8) is 0 Å². The average molecular weight is 714 g/mol. The summed E-state index contributed by atoms with van der Waals surface area (Å²) in [6.45, 7) is -1.35. The summed E-state index contributed by atoms with van der Waals surface area (Å²) in [5.41, 5.74) is 1.30. The Morgan fingerprint density at radius 3 is 2.60 bits per heavy atom. The van der Waals surface area contributed by atoms with Gasteiger partial charge in [-0.1, -0.05) is 23.7 Å². The normalized spacial score (nSPS) is 14.5. The van der Waals surface area contributed by atoms with Crippen LogP contribution in [0.3, 0.4) is 0 Å². The number of carboxylic acids is 1. The quantitative estimate of drug-likeness (QED) is 0.123. The van der Waals surface area contributed by atoms with E-state index in [1.807, 2.05) is 0 Å². The second kappa shape index (κ2) is 13.4. The van der Waals surface area contributed by atoms with Crippen LogP contribution in [0.25, 0.3) is 22.3 Å². The van der Waals surface area contributed by atoms with Gasteiger partial charge in [-0.3, -0.25) is 4.39 Å². The van der Waals surface area contributed by atoms with E-state index >= 15 is 4.39 Å². The van der Waals surface area contributed by atoms with Gasteiger partial charge in [-0.2, -0.15) is 0 Å². The van der Waals surface area contributed by atoms with Crippen molar-refractivity contribution in [2.75, 3.05) is 19.9 Å². The van der Waals surface area contributed by atoms with Crippen molar-refractivity contribution in [3.05, 3.63) is 99.3 Å². The number of carboxylic acid groups (broad SMARTS) is 1. The van der Waals surface area contributed by atoms with Crippen LogP contribution in [0.1, 0.15) is 45.7 Å². The van der Waals surface area contributed by atoms with Crippen LogP contribution in [0.5, 0.6) is 17.4 Å². The molecule has 3 heterocycles. The van der Waals surface area contributed by atoms with Crippen LogP contribution in [-0.4, -0.2) is 51.9 Å². The SMILES string of the molecule is O=C(O)c1cc(OCC(F)F)c2nc(Cc3c(F)cc(-c4cccc(OCc5ccc(Cl)cc5F)n4)c4c3CCO4)n(CC3(CF)CC3)c2c1. The summed E-state index contributed by atoms with van der Waals surface area (Å²) in [4.78, 5) is 21.1. The van der Waals surface area contributed by atoms with Crippen LogP contribution in [0.4, 0.5) is 22.0 Å². The Morgan fingerprint density at radius 2 is 1.88 bits per heavy atom. The zero-order chi connectivity index (χ0) is 35.2. The molecular weight excluding hydrogens is 685 g/mol. The number of carbonyl (C=O) groups is 1. The van der Waals surface area contributed by atoms with Crippen molar-refractivity contribution >= 4 is 28.6 Å². The van der Waals surface area contributed by atoms with Crippen molar-refractivity contribution in [2.24, 2.45) is 5.41 Å². The monoisotopic (exact) mass is 713 g/mol. The number of aromatic nitrogens is 3. The molecule has 7 rings (SSSR count). The van der Waals surface area contributed by atoms with Gasteiger partial charge in [-0.15, -0.1) is 0 Å². The van der Waals surface area contributed by atoms with Gasteiger partial charge in [-0.25, -0.2) is 32.3 Å². The summed E-state index contributed by atoms with van der Waals surface area (Å²) in [6.07, 6.45) is -1.37. The molecule has 2 aromatic heterocycles. The van der Waals surface area contributed by atoms with E-state index in [1.165, 1.54) is 24.3 Å².